The Morgan fingerprint density at radius 3 is 2.41 bits per heavy atom. The van der Waals surface area contributed by atoms with E-state index in [1.165, 1.54) is 5.56 Å². The predicted octanol–water partition coefficient (Wildman–Crippen LogP) is 3.79. The fourth-order valence-corrected chi connectivity index (χ4v) is 4.40. The molecule has 0 bridgehead atoms. The Hall–Kier alpha value is -2.86. The van der Waals surface area contributed by atoms with Crippen LogP contribution in [-0.2, 0) is 11.2 Å². The van der Waals surface area contributed by atoms with Gasteiger partial charge in [0.15, 0.2) is 17.3 Å². The van der Waals surface area contributed by atoms with Gasteiger partial charge in [0.2, 0.25) is 5.91 Å². The van der Waals surface area contributed by atoms with Gasteiger partial charge in [-0.2, -0.15) is 0 Å². The second-order valence-corrected chi connectivity index (χ2v) is 8.66. The molecule has 1 saturated heterocycles. The summed E-state index contributed by atoms with van der Waals surface area (Å²) in [7, 11) is 0. The number of nitrogens with one attached hydrogen (secondary N) is 1. The van der Waals surface area contributed by atoms with Gasteiger partial charge in [-0.3, -0.25) is 14.5 Å². The summed E-state index contributed by atoms with van der Waals surface area (Å²) in [6.45, 7) is 7.04. The standard InChI is InChI=1S/C26H32N2O4/c1-3-19-4-6-20(7-5-19)18(2)27-25(29)17-28-12-10-21(11-13-28)26(30)22-8-9-23-24(16-22)32-15-14-31-23/h4-9,16,18,21H,3,10-15,17H2,1-2H3,(H,27,29)/t18-/m0/s1. The summed E-state index contributed by atoms with van der Waals surface area (Å²) >= 11 is 0. The molecule has 2 aliphatic heterocycles. The van der Waals surface area contributed by atoms with E-state index in [4.69, 9.17) is 9.47 Å². The van der Waals surface area contributed by atoms with Crippen LogP contribution in [0.3, 0.4) is 0 Å². The SMILES string of the molecule is CCc1ccc([C@H](C)NC(=O)CN2CCC(C(=O)c3ccc4c(c3)OCCO4)CC2)cc1. The Labute approximate surface area is 189 Å². The lowest BCUT2D eigenvalue weighted by Crippen LogP contribution is -2.43. The van der Waals surface area contributed by atoms with Gasteiger partial charge >= 0.3 is 0 Å². The van der Waals surface area contributed by atoms with Crippen LogP contribution >= 0.6 is 0 Å². The van der Waals surface area contributed by atoms with E-state index >= 15 is 0 Å². The summed E-state index contributed by atoms with van der Waals surface area (Å²) in [5.41, 5.74) is 3.08. The number of carbonyl (C=O) groups excluding carboxylic acids is 2. The number of rotatable bonds is 7. The maximum Gasteiger partial charge on any atom is 0.234 e. The summed E-state index contributed by atoms with van der Waals surface area (Å²) in [6, 6.07) is 13.8. The van der Waals surface area contributed by atoms with Crippen LogP contribution in [0.2, 0.25) is 0 Å². The number of Topliss-reactive ketones (excluding diaryl/α,β-unsaturated/α-hetero) is 1. The third-order valence-corrected chi connectivity index (χ3v) is 6.42. The highest BCUT2D eigenvalue weighted by atomic mass is 16.6. The highest BCUT2D eigenvalue weighted by Gasteiger charge is 2.28. The summed E-state index contributed by atoms with van der Waals surface area (Å²) in [5.74, 6) is 1.50. The van der Waals surface area contributed by atoms with E-state index in [0.717, 1.165) is 37.9 Å². The number of likely N-dealkylation sites (tertiary alicyclic amines) is 1. The molecule has 2 aromatic rings. The van der Waals surface area contributed by atoms with Crippen molar-refractivity contribution < 1.29 is 19.1 Å². The Morgan fingerprint density at radius 2 is 1.72 bits per heavy atom. The molecule has 1 fully saturated rings. The molecule has 4 rings (SSSR count). The fourth-order valence-electron chi connectivity index (χ4n) is 4.40. The molecule has 2 aliphatic rings. The number of nitrogens with zero attached hydrogens (tertiary/aromatic N) is 1. The molecule has 0 spiro atoms. The molecule has 0 saturated carbocycles. The highest BCUT2D eigenvalue weighted by molar-refractivity contribution is 5.98. The van der Waals surface area contributed by atoms with E-state index in [1.54, 1.807) is 6.07 Å². The van der Waals surface area contributed by atoms with E-state index in [2.05, 4.69) is 41.4 Å². The first kappa shape index (κ1) is 22.3. The van der Waals surface area contributed by atoms with Crippen molar-refractivity contribution in [2.24, 2.45) is 5.92 Å². The van der Waals surface area contributed by atoms with Crippen molar-refractivity contribution in [3.05, 3.63) is 59.2 Å². The van der Waals surface area contributed by atoms with Crippen molar-refractivity contribution in [2.45, 2.75) is 39.2 Å². The third-order valence-electron chi connectivity index (χ3n) is 6.42. The van der Waals surface area contributed by atoms with Crippen molar-refractivity contribution in [3.8, 4) is 11.5 Å². The van der Waals surface area contributed by atoms with E-state index < -0.39 is 0 Å². The molecule has 0 radical (unpaired) electrons. The Bertz CT molecular complexity index is 949. The molecular weight excluding hydrogens is 404 g/mol. The number of fused-ring (bicyclic) bond motifs is 1. The molecule has 0 aromatic heterocycles. The zero-order chi connectivity index (χ0) is 22.5. The van der Waals surface area contributed by atoms with Crippen molar-refractivity contribution in [1.82, 2.24) is 10.2 Å². The average Bonchev–Trinajstić information content (AvgIpc) is 2.83. The average molecular weight is 437 g/mol. The monoisotopic (exact) mass is 436 g/mol. The topological polar surface area (TPSA) is 67.9 Å². The molecular formula is C26H32N2O4. The normalized spacial score (nSPS) is 17.6. The zero-order valence-electron chi connectivity index (χ0n) is 18.9. The smallest absolute Gasteiger partial charge is 0.234 e. The Balaban J connectivity index is 1.25. The van der Waals surface area contributed by atoms with Crippen molar-refractivity contribution in [3.63, 3.8) is 0 Å². The van der Waals surface area contributed by atoms with E-state index in [-0.39, 0.29) is 23.7 Å². The van der Waals surface area contributed by atoms with Gasteiger partial charge in [0.25, 0.3) is 0 Å². The summed E-state index contributed by atoms with van der Waals surface area (Å²) < 4.78 is 11.1. The highest BCUT2D eigenvalue weighted by Crippen LogP contribution is 2.32. The zero-order valence-corrected chi connectivity index (χ0v) is 18.9. The number of hydrogen-bond donors (Lipinski definition) is 1. The number of amides is 1. The van der Waals surface area contributed by atoms with Gasteiger partial charge in [0, 0.05) is 11.5 Å². The number of aryl methyl sites for hydroxylation is 1. The minimum Gasteiger partial charge on any atom is -0.486 e. The number of carbonyl (C=O) groups is 2. The predicted molar refractivity (Wildman–Crippen MR) is 123 cm³/mol. The minimum absolute atomic E-state index is 0.0205. The molecule has 2 aromatic carbocycles. The van der Waals surface area contributed by atoms with E-state index in [9.17, 15) is 9.59 Å². The lowest BCUT2D eigenvalue weighted by atomic mass is 9.88. The second kappa shape index (κ2) is 10.2. The first-order valence-corrected chi connectivity index (χ1v) is 11.6. The maximum atomic E-state index is 13.0. The molecule has 6 heteroatoms. The molecule has 1 N–H and O–H groups in total. The van der Waals surface area contributed by atoms with E-state index in [0.29, 0.717) is 36.8 Å². The van der Waals surface area contributed by atoms with Gasteiger partial charge in [-0.1, -0.05) is 31.2 Å². The summed E-state index contributed by atoms with van der Waals surface area (Å²) in [4.78, 5) is 27.6. The van der Waals surface area contributed by atoms with Gasteiger partial charge < -0.3 is 14.8 Å². The van der Waals surface area contributed by atoms with Gasteiger partial charge in [-0.05, 0) is 68.6 Å². The summed E-state index contributed by atoms with van der Waals surface area (Å²) in [6.07, 6.45) is 2.53. The van der Waals surface area contributed by atoms with Gasteiger partial charge in [-0.25, -0.2) is 0 Å². The molecule has 170 valence electrons. The van der Waals surface area contributed by atoms with Crippen molar-refractivity contribution in [2.75, 3.05) is 32.8 Å². The fraction of sp³-hybridized carbons (Fsp3) is 0.462. The Kier molecular flexibility index (Phi) is 7.10. The molecule has 1 amide bonds. The van der Waals surface area contributed by atoms with Gasteiger partial charge in [-0.15, -0.1) is 0 Å². The molecule has 0 aliphatic carbocycles. The Morgan fingerprint density at radius 1 is 1.03 bits per heavy atom. The minimum atomic E-state index is -0.0252. The van der Waals surface area contributed by atoms with Crippen molar-refractivity contribution in [1.29, 1.82) is 0 Å². The van der Waals surface area contributed by atoms with Crippen LogP contribution in [0, 0.1) is 5.92 Å². The molecule has 32 heavy (non-hydrogen) atoms. The first-order valence-electron chi connectivity index (χ1n) is 11.6. The van der Waals surface area contributed by atoms with Crippen LogP contribution < -0.4 is 14.8 Å². The van der Waals surface area contributed by atoms with Crippen molar-refractivity contribution >= 4 is 11.7 Å². The molecule has 2 heterocycles. The van der Waals surface area contributed by atoms with Crippen LogP contribution in [0.1, 0.15) is 54.2 Å². The van der Waals surface area contributed by atoms with Gasteiger partial charge in [0.05, 0.1) is 12.6 Å². The lowest BCUT2D eigenvalue weighted by Gasteiger charge is -2.31. The molecule has 6 nitrogen and oxygen atoms in total. The summed E-state index contributed by atoms with van der Waals surface area (Å²) in [5, 5.41) is 3.10. The number of hydrogen-bond acceptors (Lipinski definition) is 5. The third kappa shape index (κ3) is 5.30. The van der Waals surface area contributed by atoms with Crippen LogP contribution in [0.25, 0.3) is 0 Å². The van der Waals surface area contributed by atoms with E-state index in [1.807, 2.05) is 19.1 Å². The number of ether oxygens (including phenoxy) is 2. The number of piperidine rings is 1. The quantitative estimate of drug-likeness (QED) is 0.669. The van der Waals surface area contributed by atoms with Crippen LogP contribution in [-0.4, -0.2) is 49.4 Å². The molecule has 0 unspecified atom stereocenters. The number of benzene rings is 2. The largest absolute Gasteiger partial charge is 0.486 e. The van der Waals surface area contributed by atoms with Crippen LogP contribution in [0.4, 0.5) is 0 Å². The first-order chi connectivity index (χ1) is 15.5. The van der Waals surface area contributed by atoms with Crippen LogP contribution in [0.15, 0.2) is 42.5 Å². The second-order valence-electron chi connectivity index (χ2n) is 8.66. The number of ketones is 1. The lowest BCUT2D eigenvalue weighted by molar-refractivity contribution is -0.123. The maximum absolute atomic E-state index is 13.0. The molecule has 1 atom stereocenters. The van der Waals surface area contributed by atoms with Crippen LogP contribution in [0.5, 0.6) is 11.5 Å². The van der Waals surface area contributed by atoms with Gasteiger partial charge in [0.1, 0.15) is 13.2 Å².